The van der Waals surface area contributed by atoms with Crippen LogP contribution in [0, 0.1) is 15.9 Å². The zero-order valence-electron chi connectivity index (χ0n) is 20.1. The maximum absolute atomic E-state index is 13.1. The fourth-order valence-corrected chi connectivity index (χ4v) is 4.26. The molecule has 0 aromatic heterocycles. The Morgan fingerprint density at radius 1 is 1.00 bits per heavy atom. The number of carbonyl (C=O) groups is 2. The first kappa shape index (κ1) is 27.9. The van der Waals surface area contributed by atoms with Crippen molar-refractivity contribution in [3.63, 3.8) is 0 Å². The lowest BCUT2D eigenvalue weighted by Gasteiger charge is -2.19. The number of esters is 1. The van der Waals surface area contributed by atoms with E-state index in [-0.39, 0.29) is 27.8 Å². The summed E-state index contributed by atoms with van der Waals surface area (Å²) >= 11 is 0. The van der Waals surface area contributed by atoms with Crippen molar-refractivity contribution in [2.45, 2.75) is 4.90 Å². The van der Waals surface area contributed by atoms with Gasteiger partial charge in [-0.15, -0.1) is 0 Å². The number of benzene rings is 3. The lowest BCUT2D eigenvalue weighted by atomic mass is 10.2. The fourth-order valence-electron chi connectivity index (χ4n) is 3.07. The molecule has 14 heteroatoms. The lowest BCUT2D eigenvalue weighted by Crippen LogP contribution is -2.26. The van der Waals surface area contributed by atoms with Gasteiger partial charge in [0.15, 0.2) is 13.2 Å². The molecule has 0 unspecified atom stereocenters. The maximum atomic E-state index is 13.1. The molecule has 200 valence electrons. The van der Waals surface area contributed by atoms with E-state index in [1.807, 2.05) is 0 Å². The van der Waals surface area contributed by atoms with Crippen LogP contribution in [0.15, 0.2) is 71.6 Å². The number of sulfonamides is 1. The van der Waals surface area contributed by atoms with Crippen LogP contribution in [0.5, 0.6) is 11.5 Å². The number of carbonyl (C=O) groups excluding carboxylic acids is 2. The number of halogens is 1. The molecule has 0 aliphatic rings. The highest BCUT2D eigenvalue weighted by Crippen LogP contribution is 2.29. The second kappa shape index (κ2) is 12.0. The number of nitro benzene ring substituents is 1. The van der Waals surface area contributed by atoms with Gasteiger partial charge in [-0.1, -0.05) is 0 Å². The van der Waals surface area contributed by atoms with Crippen molar-refractivity contribution in [2.75, 3.05) is 37.0 Å². The molecule has 0 fully saturated rings. The summed E-state index contributed by atoms with van der Waals surface area (Å²) in [6.45, 7) is -1.27. The van der Waals surface area contributed by atoms with Crippen molar-refractivity contribution in [2.24, 2.45) is 0 Å². The number of amides is 1. The van der Waals surface area contributed by atoms with Crippen molar-refractivity contribution >= 4 is 39.0 Å². The van der Waals surface area contributed by atoms with Gasteiger partial charge in [0.25, 0.3) is 21.6 Å². The highest BCUT2D eigenvalue weighted by atomic mass is 32.2. The van der Waals surface area contributed by atoms with E-state index >= 15 is 0 Å². The van der Waals surface area contributed by atoms with Crippen LogP contribution in [0.4, 0.5) is 21.5 Å². The average molecular weight is 548 g/mol. The zero-order valence-corrected chi connectivity index (χ0v) is 20.9. The number of nitrogens with zero attached hydrogens (tertiary/aromatic N) is 2. The van der Waals surface area contributed by atoms with Crippen LogP contribution in [0.1, 0.15) is 0 Å². The predicted molar refractivity (Wildman–Crippen MR) is 133 cm³/mol. The van der Waals surface area contributed by atoms with Gasteiger partial charge in [-0.25, -0.2) is 17.6 Å². The Hall–Kier alpha value is -4.72. The number of anilines is 2. The second-order valence-corrected chi connectivity index (χ2v) is 9.53. The van der Waals surface area contributed by atoms with E-state index in [9.17, 15) is 32.5 Å². The van der Waals surface area contributed by atoms with Gasteiger partial charge in [0.1, 0.15) is 23.0 Å². The van der Waals surface area contributed by atoms with Crippen molar-refractivity contribution in [1.29, 1.82) is 0 Å². The Bertz CT molecular complexity index is 1430. The van der Waals surface area contributed by atoms with Gasteiger partial charge in [0.2, 0.25) is 0 Å². The van der Waals surface area contributed by atoms with Gasteiger partial charge < -0.3 is 19.5 Å². The molecule has 0 aliphatic heterocycles. The van der Waals surface area contributed by atoms with Crippen LogP contribution in [0.25, 0.3) is 0 Å². The van der Waals surface area contributed by atoms with E-state index in [0.29, 0.717) is 0 Å². The molecule has 0 saturated carbocycles. The molecule has 1 amide bonds. The van der Waals surface area contributed by atoms with Gasteiger partial charge in [-0.2, -0.15) is 0 Å². The topological polar surface area (TPSA) is 154 Å². The molecule has 0 heterocycles. The van der Waals surface area contributed by atoms with Gasteiger partial charge in [-0.3, -0.25) is 19.2 Å². The first-order valence-electron chi connectivity index (χ1n) is 10.8. The SMILES string of the molecule is COc1ccc(NC(=O)COC(=O)COc2ccc(N(C)S(=O)(=O)c3ccc(F)cc3)cc2)c([N+](=O)[O-])c1. The third-order valence-electron chi connectivity index (χ3n) is 5.07. The molecule has 0 radical (unpaired) electrons. The Morgan fingerprint density at radius 2 is 1.63 bits per heavy atom. The normalized spacial score (nSPS) is 10.8. The van der Waals surface area contributed by atoms with Crippen LogP contribution in [-0.2, 0) is 24.3 Å². The lowest BCUT2D eigenvalue weighted by molar-refractivity contribution is -0.384. The molecule has 3 rings (SSSR count). The summed E-state index contributed by atoms with van der Waals surface area (Å²) in [6, 6.07) is 14.0. The Labute approximate surface area is 216 Å². The van der Waals surface area contributed by atoms with Crippen molar-refractivity contribution in [1.82, 2.24) is 0 Å². The first-order valence-corrected chi connectivity index (χ1v) is 12.2. The summed E-state index contributed by atoms with van der Waals surface area (Å²) in [7, 11) is -1.26. The number of hydrogen-bond donors (Lipinski definition) is 1. The molecule has 0 aliphatic carbocycles. The Morgan fingerprint density at radius 3 is 2.24 bits per heavy atom. The zero-order chi connectivity index (χ0) is 27.9. The number of rotatable bonds is 11. The van der Waals surface area contributed by atoms with E-state index in [0.717, 1.165) is 34.6 Å². The van der Waals surface area contributed by atoms with Crippen LogP contribution in [0.3, 0.4) is 0 Å². The second-order valence-electron chi connectivity index (χ2n) is 7.56. The minimum atomic E-state index is -3.93. The molecule has 0 saturated heterocycles. The van der Waals surface area contributed by atoms with Gasteiger partial charge >= 0.3 is 5.97 Å². The van der Waals surface area contributed by atoms with Gasteiger partial charge in [-0.05, 0) is 60.7 Å². The summed E-state index contributed by atoms with van der Waals surface area (Å²) < 4.78 is 54.6. The average Bonchev–Trinajstić information content (AvgIpc) is 2.91. The minimum absolute atomic E-state index is 0.0879. The molecule has 3 aromatic carbocycles. The van der Waals surface area contributed by atoms with Crippen molar-refractivity contribution < 1.29 is 41.5 Å². The van der Waals surface area contributed by atoms with E-state index < -0.39 is 51.5 Å². The smallest absolute Gasteiger partial charge is 0.344 e. The Balaban J connectivity index is 1.51. The summed E-state index contributed by atoms with van der Waals surface area (Å²) in [6.07, 6.45) is 0. The molecule has 0 atom stereocenters. The fraction of sp³-hybridized carbons (Fsp3) is 0.167. The number of nitrogens with one attached hydrogen (secondary N) is 1. The summed E-state index contributed by atoms with van der Waals surface area (Å²) in [5, 5.41) is 13.5. The Kier molecular flexibility index (Phi) is 8.81. The third-order valence-corrected chi connectivity index (χ3v) is 6.87. The number of ether oxygens (including phenoxy) is 3. The maximum Gasteiger partial charge on any atom is 0.344 e. The first-order chi connectivity index (χ1) is 18.0. The molecule has 38 heavy (non-hydrogen) atoms. The van der Waals surface area contributed by atoms with Crippen LogP contribution in [0.2, 0.25) is 0 Å². The van der Waals surface area contributed by atoms with E-state index in [1.54, 1.807) is 0 Å². The quantitative estimate of drug-likeness (QED) is 0.217. The molecule has 0 bridgehead atoms. The minimum Gasteiger partial charge on any atom is -0.496 e. The molecule has 12 nitrogen and oxygen atoms in total. The number of nitro groups is 1. The molecular weight excluding hydrogens is 525 g/mol. The van der Waals surface area contributed by atoms with Gasteiger partial charge in [0.05, 0.1) is 28.7 Å². The standard InChI is InChI=1S/C24H22FN3O9S/c1-27(38(33,34)20-10-3-16(25)4-11-20)17-5-7-18(8-6-17)36-15-24(30)37-14-23(29)26-21-12-9-19(35-2)13-22(21)28(31)32/h3-13H,14-15H2,1-2H3,(H,26,29). The van der Waals surface area contributed by atoms with Crippen LogP contribution in [-0.4, -0.2) is 52.6 Å². The number of methoxy groups -OCH3 is 1. The van der Waals surface area contributed by atoms with Crippen molar-refractivity contribution in [3.8, 4) is 11.5 Å². The molecule has 3 aromatic rings. The van der Waals surface area contributed by atoms with Crippen LogP contribution < -0.4 is 19.1 Å². The molecule has 0 spiro atoms. The summed E-state index contributed by atoms with van der Waals surface area (Å²) in [5.41, 5.74) is -0.208. The number of hydrogen-bond acceptors (Lipinski definition) is 9. The third kappa shape index (κ3) is 6.94. The van der Waals surface area contributed by atoms with Gasteiger partial charge in [0, 0.05) is 7.05 Å². The van der Waals surface area contributed by atoms with E-state index in [2.05, 4.69) is 5.32 Å². The molecular formula is C24H22FN3O9S. The molecule has 1 N–H and O–H groups in total. The monoisotopic (exact) mass is 547 g/mol. The predicted octanol–water partition coefficient (Wildman–Crippen LogP) is 3.13. The van der Waals surface area contributed by atoms with E-state index in [1.165, 1.54) is 50.6 Å². The highest BCUT2D eigenvalue weighted by Gasteiger charge is 2.22. The summed E-state index contributed by atoms with van der Waals surface area (Å²) in [5.74, 6) is -1.80. The van der Waals surface area contributed by atoms with E-state index in [4.69, 9.17) is 14.2 Å². The van der Waals surface area contributed by atoms with Crippen LogP contribution >= 0.6 is 0 Å². The largest absolute Gasteiger partial charge is 0.496 e. The van der Waals surface area contributed by atoms with Crippen molar-refractivity contribution in [3.05, 3.63) is 82.7 Å². The highest BCUT2D eigenvalue weighted by molar-refractivity contribution is 7.92. The summed E-state index contributed by atoms with van der Waals surface area (Å²) in [4.78, 5) is 34.4.